The van der Waals surface area contributed by atoms with Gasteiger partial charge in [0.05, 0.1) is 0 Å². The predicted molar refractivity (Wildman–Crippen MR) is 67.7 cm³/mol. The highest BCUT2D eigenvalue weighted by Crippen LogP contribution is 2.32. The molecule has 0 aliphatic carbocycles. The van der Waals surface area contributed by atoms with Crippen LogP contribution >= 0.6 is 23.2 Å². The van der Waals surface area contributed by atoms with Gasteiger partial charge in [-0.25, -0.2) is 4.98 Å². The van der Waals surface area contributed by atoms with Crippen LogP contribution in [0.25, 0.3) is 0 Å². The van der Waals surface area contributed by atoms with E-state index < -0.39 is 0 Å². The molecular weight excluding hydrogens is 261 g/mol. The average Bonchev–Trinajstić information content (AvgIpc) is 2.28. The van der Waals surface area contributed by atoms with Gasteiger partial charge in [0, 0.05) is 5.02 Å². The summed E-state index contributed by atoms with van der Waals surface area (Å²) in [6, 6.07) is 5.25. The molecule has 88 valence electrons. The first-order valence-electron chi connectivity index (χ1n) is 4.78. The number of hydrogen-bond acceptors (Lipinski definition) is 4. The summed E-state index contributed by atoms with van der Waals surface area (Å²) < 4.78 is 5.55. The molecule has 0 unspecified atom stereocenters. The van der Waals surface area contributed by atoms with E-state index in [1.165, 1.54) is 6.33 Å². The van der Waals surface area contributed by atoms with E-state index in [9.17, 15) is 0 Å². The van der Waals surface area contributed by atoms with Crippen LogP contribution in [-0.2, 0) is 0 Å². The summed E-state index contributed by atoms with van der Waals surface area (Å²) in [6.45, 7) is 1.87. The highest BCUT2D eigenvalue weighted by atomic mass is 35.5. The summed E-state index contributed by atoms with van der Waals surface area (Å²) in [4.78, 5) is 7.67. The highest BCUT2D eigenvalue weighted by Gasteiger charge is 2.10. The van der Waals surface area contributed by atoms with Crippen molar-refractivity contribution in [3.05, 3.63) is 40.1 Å². The van der Waals surface area contributed by atoms with Crippen molar-refractivity contribution in [3.8, 4) is 11.6 Å². The van der Waals surface area contributed by atoms with Crippen LogP contribution in [0.4, 0.5) is 5.82 Å². The molecule has 17 heavy (non-hydrogen) atoms. The Balaban J connectivity index is 2.35. The zero-order valence-corrected chi connectivity index (χ0v) is 10.5. The second-order valence-electron chi connectivity index (χ2n) is 3.39. The number of nitrogen functional groups attached to an aromatic ring is 1. The van der Waals surface area contributed by atoms with Crippen molar-refractivity contribution in [1.82, 2.24) is 9.97 Å². The second kappa shape index (κ2) is 4.77. The Morgan fingerprint density at radius 2 is 2.00 bits per heavy atom. The van der Waals surface area contributed by atoms with E-state index in [0.29, 0.717) is 10.8 Å². The zero-order valence-electron chi connectivity index (χ0n) is 8.95. The van der Waals surface area contributed by atoms with Crippen molar-refractivity contribution in [2.75, 3.05) is 5.73 Å². The summed E-state index contributed by atoms with van der Waals surface area (Å²) in [5.74, 6) is 1.03. The molecular formula is C11H9Cl2N3O. The van der Waals surface area contributed by atoms with Gasteiger partial charge in [-0.15, -0.1) is 0 Å². The van der Waals surface area contributed by atoms with E-state index in [1.807, 2.05) is 6.92 Å². The topological polar surface area (TPSA) is 61.0 Å². The van der Waals surface area contributed by atoms with E-state index >= 15 is 0 Å². The highest BCUT2D eigenvalue weighted by molar-refractivity contribution is 6.34. The quantitative estimate of drug-likeness (QED) is 0.907. The number of rotatable bonds is 2. The number of halogens is 2. The van der Waals surface area contributed by atoms with Crippen LogP contribution in [0.15, 0.2) is 24.5 Å². The van der Waals surface area contributed by atoms with Gasteiger partial charge in [0.15, 0.2) is 0 Å². The lowest BCUT2D eigenvalue weighted by molar-refractivity contribution is 0.459. The first-order chi connectivity index (χ1) is 8.08. The Morgan fingerprint density at radius 3 is 2.71 bits per heavy atom. The molecule has 0 bridgehead atoms. The van der Waals surface area contributed by atoms with E-state index in [1.54, 1.807) is 18.2 Å². The van der Waals surface area contributed by atoms with Crippen molar-refractivity contribution in [2.24, 2.45) is 0 Å². The van der Waals surface area contributed by atoms with Gasteiger partial charge in [0.25, 0.3) is 0 Å². The number of nitrogens with zero attached hydrogens (tertiary/aromatic N) is 2. The molecule has 2 rings (SSSR count). The molecule has 1 aromatic carbocycles. The third-order valence-corrected chi connectivity index (χ3v) is 2.72. The largest absolute Gasteiger partial charge is 0.437 e. The molecule has 0 amide bonds. The van der Waals surface area contributed by atoms with Crippen LogP contribution in [-0.4, -0.2) is 9.97 Å². The molecule has 0 saturated heterocycles. The molecule has 2 N–H and O–H groups in total. The number of anilines is 1. The summed E-state index contributed by atoms with van der Waals surface area (Å²) in [7, 11) is 0. The molecule has 0 aliphatic heterocycles. The van der Waals surface area contributed by atoms with E-state index in [4.69, 9.17) is 33.7 Å². The lowest BCUT2D eigenvalue weighted by Gasteiger charge is -2.09. The van der Waals surface area contributed by atoms with Gasteiger partial charge in [-0.05, 0) is 30.7 Å². The SMILES string of the molecule is Cc1cc(Cl)ccc1Oc1ncnc(N)c1Cl. The molecule has 0 fully saturated rings. The lowest BCUT2D eigenvalue weighted by Crippen LogP contribution is -1.97. The molecule has 0 radical (unpaired) electrons. The van der Waals surface area contributed by atoms with E-state index in [2.05, 4.69) is 9.97 Å². The molecule has 0 aliphatic rings. The maximum atomic E-state index is 5.93. The molecule has 0 saturated carbocycles. The van der Waals surface area contributed by atoms with Gasteiger partial charge >= 0.3 is 0 Å². The number of ether oxygens (including phenoxy) is 1. The first-order valence-corrected chi connectivity index (χ1v) is 5.53. The maximum Gasteiger partial charge on any atom is 0.243 e. The molecule has 1 aromatic heterocycles. The summed E-state index contributed by atoms with van der Waals surface area (Å²) in [5, 5.41) is 0.838. The predicted octanol–water partition coefficient (Wildman–Crippen LogP) is 3.47. The van der Waals surface area contributed by atoms with Gasteiger partial charge in [0.1, 0.15) is 22.9 Å². The average molecular weight is 270 g/mol. The van der Waals surface area contributed by atoms with Crippen LogP contribution < -0.4 is 10.5 Å². The van der Waals surface area contributed by atoms with Crippen molar-refractivity contribution in [2.45, 2.75) is 6.92 Å². The Bertz CT molecular complexity index is 560. The number of nitrogens with two attached hydrogens (primary N) is 1. The minimum atomic E-state index is 0.184. The molecule has 2 aromatic rings. The van der Waals surface area contributed by atoms with Crippen molar-refractivity contribution in [1.29, 1.82) is 0 Å². The number of benzene rings is 1. The van der Waals surface area contributed by atoms with Gasteiger partial charge in [-0.2, -0.15) is 4.98 Å². The Kier molecular flexibility index (Phi) is 3.36. The number of aromatic nitrogens is 2. The Morgan fingerprint density at radius 1 is 1.24 bits per heavy atom. The van der Waals surface area contributed by atoms with Crippen molar-refractivity contribution in [3.63, 3.8) is 0 Å². The first kappa shape index (κ1) is 12.0. The monoisotopic (exact) mass is 269 g/mol. The summed E-state index contributed by atoms with van der Waals surface area (Å²) in [5.41, 5.74) is 6.43. The molecule has 0 spiro atoms. The van der Waals surface area contributed by atoms with Crippen LogP contribution in [0.3, 0.4) is 0 Å². The fourth-order valence-corrected chi connectivity index (χ4v) is 1.63. The van der Waals surface area contributed by atoms with Crippen molar-refractivity contribution < 1.29 is 4.74 Å². The van der Waals surface area contributed by atoms with Crippen LogP contribution in [0, 0.1) is 6.92 Å². The molecule has 6 heteroatoms. The fraction of sp³-hybridized carbons (Fsp3) is 0.0909. The number of aryl methyl sites for hydroxylation is 1. The minimum absolute atomic E-state index is 0.184. The third-order valence-electron chi connectivity index (χ3n) is 2.13. The van der Waals surface area contributed by atoms with Crippen LogP contribution in [0.2, 0.25) is 10.0 Å². The normalized spacial score (nSPS) is 10.3. The van der Waals surface area contributed by atoms with Crippen LogP contribution in [0.5, 0.6) is 11.6 Å². The molecule has 0 atom stereocenters. The summed E-state index contributed by atoms with van der Waals surface area (Å²) in [6.07, 6.45) is 1.29. The lowest BCUT2D eigenvalue weighted by atomic mass is 10.2. The minimum Gasteiger partial charge on any atom is -0.437 e. The second-order valence-corrected chi connectivity index (χ2v) is 4.20. The van der Waals surface area contributed by atoms with E-state index in [-0.39, 0.29) is 16.7 Å². The third kappa shape index (κ3) is 2.60. The van der Waals surface area contributed by atoms with E-state index in [0.717, 1.165) is 5.56 Å². The number of hydrogen-bond donors (Lipinski definition) is 1. The van der Waals surface area contributed by atoms with Crippen LogP contribution in [0.1, 0.15) is 5.56 Å². The van der Waals surface area contributed by atoms with Gasteiger partial charge in [-0.3, -0.25) is 0 Å². The van der Waals surface area contributed by atoms with Gasteiger partial charge < -0.3 is 10.5 Å². The Hall–Kier alpha value is -1.52. The van der Waals surface area contributed by atoms with Crippen molar-refractivity contribution >= 4 is 29.0 Å². The smallest absolute Gasteiger partial charge is 0.243 e. The van der Waals surface area contributed by atoms with Gasteiger partial charge in [0.2, 0.25) is 5.88 Å². The molecule has 4 nitrogen and oxygen atoms in total. The fourth-order valence-electron chi connectivity index (χ4n) is 1.27. The Labute approximate surface area is 108 Å². The maximum absolute atomic E-state index is 5.93. The molecule has 1 heterocycles. The summed E-state index contributed by atoms with van der Waals surface area (Å²) >= 11 is 11.8. The zero-order chi connectivity index (χ0) is 12.4. The standard InChI is InChI=1S/C11H9Cl2N3O/c1-6-4-7(12)2-3-8(6)17-11-9(13)10(14)15-5-16-11/h2-5H,1H3,(H2,14,15,16). The van der Waals surface area contributed by atoms with Gasteiger partial charge in [-0.1, -0.05) is 23.2 Å².